The van der Waals surface area contributed by atoms with Gasteiger partial charge in [0.05, 0.1) is 0 Å². The summed E-state index contributed by atoms with van der Waals surface area (Å²) in [7, 11) is 0. The van der Waals surface area contributed by atoms with Crippen molar-refractivity contribution in [1.82, 2.24) is 0 Å². The van der Waals surface area contributed by atoms with Crippen molar-refractivity contribution in [2.24, 2.45) is 29.6 Å². The maximum Gasteiger partial charge on any atom is -0.0162 e. The van der Waals surface area contributed by atoms with Crippen molar-refractivity contribution in [2.75, 3.05) is 0 Å². The van der Waals surface area contributed by atoms with Crippen LogP contribution in [0.3, 0.4) is 0 Å². The fourth-order valence-corrected chi connectivity index (χ4v) is 8.38. The van der Waals surface area contributed by atoms with E-state index in [1.54, 1.807) is 49.7 Å². The highest BCUT2D eigenvalue weighted by Crippen LogP contribution is 2.40. The molecule has 0 nitrogen and oxygen atoms in total. The maximum atomic E-state index is 2.49. The zero-order valence-corrected chi connectivity index (χ0v) is 25.0. The van der Waals surface area contributed by atoms with Crippen LogP contribution >= 0.6 is 0 Å². The van der Waals surface area contributed by atoms with Gasteiger partial charge in [0.2, 0.25) is 0 Å². The van der Waals surface area contributed by atoms with Gasteiger partial charge in [-0.3, -0.25) is 0 Å². The molecule has 0 N–H and O–H groups in total. The monoisotopic (exact) mass is 506 g/mol. The Morgan fingerprint density at radius 1 is 0.459 bits per heavy atom. The number of hydrogen-bond donors (Lipinski definition) is 0. The van der Waals surface area contributed by atoms with Crippen molar-refractivity contribution in [3.63, 3.8) is 0 Å². The Bertz CT molecular complexity index is 692. The van der Waals surface area contributed by atoms with Gasteiger partial charge in [-0.05, 0) is 85.2 Å². The molecule has 1 aromatic rings. The Kier molecular flexibility index (Phi) is 12.9. The molecule has 0 bridgehead atoms. The van der Waals surface area contributed by atoms with E-state index in [0.29, 0.717) is 0 Å². The van der Waals surface area contributed by atoms with Crippen molar-refractivity contribution >= 4 is 0 Å². The van der Waals surface area contributed by atoms with Gasteiger partial charge < -0.3 is 0 Å². The fraction of sp³-hybridized carbons (Fsp3) is 0.838. The average molecular weight is 507 g/mol. The lowest BCUT2D eigenvalue weighted by Crippen LogP contribution is -2.18. The normalized spacial score (nSPS) is 30.9. The maximum absolute atomic E-state index is 2.49. The first-order valence-electron chi connectivity index (χ1n) is 17.3. The standard InChI is InChI=1S/C37H62/c1-3-5-7-9-31-22-26-36(27-23-31)37-28-24-35(25-29-37)21-20-34-18-16-33(17-19-34)15-14-32-12-10-30(11-13-32)8-6-4-2/h24-25,28-34,36H,3-23,26-27H2,1-2H3. The minimum Gasteiger partial charge on any atom is -0.0654 e. The summed E-state index contributed by atoms with van der Waals surface area (Å²) in [6, 6.07) is 9.94. The third kappa shape index (κ3) is 10.0. The summed E-state index contributed by atoms with van der Waals surface area (Å²) >= 11 is 0. The van der Waals surface area contributed by atoms with Crippen LogP contribution < -0.4 is 0 Å². The van der Waals surface area contributed by atoms with E-state index < -0.39 is 0 Å². The summed E-state index contributed by atoms with van der Waals surface area (Å²) in [5.41, 5.74) is 3.22. The molecule has 4 rings (SSSR count). The van der Waals surface area contributed by atoms with E-state index in [1.807, 2.05) is 0 Å². The summed E-state index contributed by atoms with van der Waals surface area (Å²) < 4.78 is 0. The van der Waals surface area contributed by atoms with E-state index in [0.717, 1.165) is 35.5 Å². The molecule has 0 aromatic heterocycles. The van der Waals surface area contributed by atoms with Gasteiger partial charge in [-0.1, -0.05) is 147 Å². The fourth-order valence-electron chi connectivity index (χ4n) is 8.38. The lowest BCUT2D eigenvalue weighted by Gasteiger charge is -2.32. The summed E-state index contributed by atoms with van der Waals surface area (Å²) in [5.74, 6) is 6.04. The van der Waals surface area contributed by atoms with Crippen molar-refractivity contribution in [1.29, 1.82) is 0 Å². The highest BCUT2D eigenvalue weighted by Gasteiger charge is 2.25. The molecule has 3 fully saturated rings. The van der Waals surface area contributed by atoms with Gasteiger partial charge in [0, 0.05) is 0 Å². The Hall–Kier alpha value is -0.780. The van der Waals surface area contributed by atoms with E-state index in [9.17, 15) is 0 Å². The highest BCUT2D eigenvalue weighted by molar-refractivity contribution is 5.26. The van der Waals surface area contributed by atoms with E-state index >= 15 is 0 Å². The van der Waals surface area contributed by atoms with Crippen LogP contribution in [-0.2, 0) is 6.42 Å². The summed E-state index contributed by atoms with van der Waals surface area (Å²) in [4.78, 5) is 0. The van der Waals surface area contributed by atoms with Gasteiger partial charge in [-0.25, -0.2) is 0 Å². The topological polar surface area (TPSA) is 0 Å². The number of hydrogen-bond acceptors (Lipinski definition) is 0. The third-order valence-electron chi connectivity index (χ3n) is 11.2. The molecule has 3 aliphatic rings. The molecule has 0 heterocycles. The second kappa shape index (κ2) is 16.4. The van der Waals surface area contributed by atoms with E-state index in [4.69, 9.17) is 0 Å². The molecule has 0 unspecified atom stereocenters. The Labute approximate surface area is 232 Å². The molecule has 0 aliphatic heterocycles. The predicted molar refractivity (Wildman–Crippen MR) is 163 cm³/mol. The summed E-state index contributed by atoms with van der Waals surface area (Å²) in [6.45, 7) is 4.67. The number of benzene rings is 1. The van der Waals surface area contributed by atoms with Gasteiger partial charge >= 0.3 is 0 Å². The quantitative estimate of drug-likeness (QED) is 0.220. The first-order chi connectivity index (χ1) is 18.2. The lowest BCUT2D eigenvalue weighted by atomic mass is 9.74. The minimum absolute atomic E-state index is 0.836. The first kappa shape index (κ1) is 29.2. The SMILES string of the molecule is CCCCCC1CCC(c2ccc(CCC3CCC(CCC4CCC(CCCC)CC4)CC3)cc2)CC1. The second-order valence-electron chi connectivity index (χ2n) is 14.0. The number of rotatable bonds is 14. The first-order valence-corrected chi connectivity index (χ1v) is 17.3. The van der Waals surface area contributed by atoms with Gasteiger partial charge in [0.25, 0.3) is 0 Å². The smallest absolute Gasteiger partial charge is 0.0162 e. The van der Waals surface area contributed by atoms with Crippen molar-refractivity contribution in [3.8, 4) is 0 Å². The molecule has 3 saturated carbocycles. The van der Waals surface area contributed by atoms with Crippen LogP contribution in [0.15, 0.2) is 24.3 Å². The minimum atomic E-state index is 0.836. The van der Waals surface area contributed by atoms with Crippen LogP contribution in [0.4, 0.5) is 0 Å². The molecule has 0 saturated heterocycles. The Morgan fingerprint density at radius 2 is 0.892 bits per heavy atom. The van der Waals surface area contributed by atoms with Crippen LogP contribution in [0.1, 0.15) is 172 Å². The summed E-state index contributed by atoms with van der Waals surface area (Å²) in [6.07, 6.45) is 34.0. The third-order valence-corrected chi connectivity index (χ3v) is 11.2. The van der Waals surface area contributed by atoms with Crippen molar-refractivity contribution < 1.29 is 0 Å². The average Bonchev–Trinajstić information content (AvgIpc) is 2.96. The van der Waals surface area contributed by atoms with E-state index in [2.05, 4.69) is 38.1 Å². The van der Waals surface area contributed by atoms with Crippen molar-refractivity contribution in [3.05, 3.63) is 35.4 Å². The molecule has 0 heteroatoms. The van der Waals surface area contributed by atoms with Crippen LogP contribution in [0.2, 0.25) is 0 Å². The molecule has 0 spiro atoms. The molecule has 210 valence electrons. The molecule has 0 radical (unpaired) electrons. The molecule has 3 aliphatic carbocycles. The predicted octanol–water partition coefficient (Wildman–Crippen LogP) is 12.1. The number of unbranched alkanes of at least 4 members (excludes halogenated alkanes) is 3. The summed E-state index contributed by atoms with van der Waals surface area (Å²) in [5, 5.41) is 0. The van der Waals surface area contributed by atoms with Gasteiger partial charge in [-0.2, -0.15) is 0 Å². The lowest BCUT2D eigenvalue weighted by molar-refractivity contribution is 0.209. The number of aryl methyl sites for hydroxylation is 1. The Balaban J connectivity index is 1.06. The molecular formula is C37H62. The molecule has 0 atom stereocenters. The van der Waals surface area contributed by atoms with Gasteiger partial charge in [-0.15, -0.1) is 0 Å². The molecule has 37 heavy (non-hydrogen) atoms. The highest BCUT2D eigenvalue weighted by atomic mass is 14.3. The zero-order chi connectivity index (χ0) is 25.7. The van der Waals surface area contributed by atoms with Gasteiger partial charge in [0.15, 0.2) is 0 Å². The second-order valence-corrected chi connectivity index (χ2v) is 14.0. The van der Waals surface area contributed by atoms with Crippen LogP contribution in [0.25, 0.3) is 0 Å². The molecular weight excluding hydrogens is 444 g/mol. The largest absolute Gasteiger partial charge is 0.0654 e. The van der Waals surface area contributed by atoms with E-state index in [-0.39, 0.29) is 0 Å². The molecule has 1 aromatic carbocycles. The van der Waals surface area contributed by atoms with E-state index in [1.165, 1.54) is 109 Å². The molecule has 0 amide bonds. The van der Waals surface area contributed by atoms with Crippen LogP contribution in [-0.4, -0.2) is 0 Å². The zero-order valence-electron chi connectivity index (χ0n) is 25.0. The van der Waals surface area contributed by atoms with Gasteiger partial charge in [0.1, 0.15) is 0 Å². The van der Waals surface area contributed by atoms with Crippen LogP contribution in [0, 0.1) is 29.6 Å². The van der Waals surface area contributed by atoms with Crippen LogP contribution in [0.5, 0.6) is 0 Å². The van der Waals surface area contributed by atoms with Crippen molar-refractivity contribution in [2.45, 2.75) is 167 Å². The Morgan fingerprint density at radius 3 is 1.41 bits per heavy atom.